The Morgan fingerprint density at radius 3 is 2.41 bits per heavy atom. The number of benzene rings is 2. The standard InChI is InChI=1S/C34H35Cl2N5O7S/c1-34(21-8-3-2-4-9-21,27(42)20-48-32(46)29-23(35)11-5-12-24(29)36)39-30(44)26-13-6-18-40-28(43)15-14-25(31(45)41(26)40)38-33(47)37-17-16-22-10-7-19-49-22/h2-5,7-12,19,25-26H,6,13-18,20H2,1H3,(H,39,44)(H2,37,38,47)/t25-,26-,34-/m0/s1. The summed E-state index contributed by atoms with van der Waals surface area (Å²) < 4.78 is 5.31. The van der Waals surface area contributed by atoms with E-state index in [0.29, 0.717) is 24.9 Å². The average molecular weight is 729 g/mol. The fourth-order valence-corrected chi connectivity index (χ4v) is 7.07. The van der Waals surface area contributed by atoms with Crippen molar-refractivity contribution in [2.24, 2.45) is 0 Å². The number of carbonyl (C=O) groups excluding carboxylic acids is 6. The molecule has 1 aromatic heterocycles. The lowest BCUT2D eigenvalue weighted by Gasteiger charge is -2.44. The van der Waals surface area contributed by atoms with Crippen molar-refractivity contribution < 1.29 is 33.5 Å². The Labute approximate surface area is 297 Å². The fraction of sp³-hybridized carbons (Fsp3) is 0.353. The number of ether oxygens (including phenoxy) is 1. The Hall–Kier alpha value is -4.46. The number of urea groups is 1. The molecule has 2 aromatic carbocycles. The number of ketones is 1. The predicted molar refractivity (Wildman–Crippen MR) is 183 cm³/mol. The Balaban J connectivity index is 1.32. The molecule has 12 nitrogen and oxygen atoms in total. The highest BCUT2D eigenvalue weighted by Gasteiger charge is 2.47. The molecule has 0 bridgehead atoms. The van der Waals surface area contributed by atoms with Crippen LogP contribution in [0.1, 0.15) is 53.4 Å². The Morgan fingerprint density at radius 2 is 1.71 bits per heavy atom. The van der Waals surface area contributed by atoms with Crippen molar-refractivity contribution in [2.45, 2.75) is 56.7 Å². The number of Topliss-reactive ketones (excluding diaryl/α,β-unsaturated/α-hetero) is 1. The lowest BCUT2D eigenvalue weighted by molar-refractivity contribution is -0.176. The summed E-state index contributed by atoms with van der Waals surface area (Å²) >= 11 is 13.8. The summed E-state index contributed by atoms with van der Waals surface area (Å²) in [6, 6.07) is 13.9. The van der Waals surface area contributed by atoms with Crippen molar-refractivity contribution >= 4 is 70.0 Å². The summed E-state index contributed by atoms with van der Waals surface area (Å²) in [6.07, 6.45) is 1.27. The van der Waals surface area contributed by atoms with E-state index >= 15 is 0 Å². The first kappa shape index (κ1) is 35.8. The molecule has 258 valence electrons. The third kappa shape index (κ3) is 8.23. The molecular weight excluding hydrogens is 693 g/mol. The van der Waals surface area contributed by atoms with Gasteiger partial charge in [0, 0.05) is 24.4 Å². The van der Waals surface area contributed by atoms with E-state index in [2.05, 4.69) is 16.0 Å². The lowest BCUT2D eigenvalue weighted by atomic mass is 9.87. The topological polar surface area (TPSA) is 154 Å². The van der Waals surface area contributed by atoms with Crippen LogP contribution in [-0.2, 0) is 35.9 Å². The number of fused-ring (bicyclic) bond motifs is 1. The third-order valence-corrected chi connectivity index (χ3v) is 10.1. The van der Waals surface area contributed by atoms with Crippen LogP contribution in [0.5, 0.6) is 0 Å². The summed E-state index contributed by atoms with van der Waals surface area (Å²) in [4.78, 5) is 81.7. The first-order valence-corrected chi connectivity index (χ1v) is 17.3. The number of rotatable bonds is 11. The molecule has 15 heteroatoms. The van der Waals surface area contributed by atoms with Crippen LogP contribution in [0.2, 0.25) is 10.0 Å². The minimum absolute atomic E-state index is 0.0161. The minimum atomic E-state index is -1.72. The van der Waals surface area contributed by atoms with Gasteiger partial charge in [-0.05, 0) is 61.7 Å². The molecule has 0 radical (unpaired) electrons. The van der Waals surface area contributed by atoms with Crippen molar-refractivity contribution in [1.29, 1.82) is 0 Å². The van der Waals surface area contributed by atoms with E-state index in [1.807, 2.05) is 17.5 Å². The van der Waals surface area contributed by atoms with E-state index in [-0.39, 0.29) is 47.3 Å². The Bertz CT molecular complexity index is 1700. The van der Waals surface area contributed by atoms with Crippen LogP contribution in [-0.4, -0.2) is 77.3 Å². The van der Waals surface area contributed by atoms with Gasteiger partial charge in [-0.1, -0.05) is 65.7 Å². The number of amides is 5. The first-order chi connectivity index (χ1) is 23.5. The van der Waals surface area contributed by atoms with Gasteiger partial charge in [0.15, 0.2) is 12.4 Å². The number of thiophene rings is 1. The Morgan fingerprint density at radius 1 is 0.980 bits per heavy atom. The molecule has 2 saturated heterocycles. The fourth-order valence-electron chi connectivity index (χ4n) is 5.81. The third-order valence-electron chi connectivity index (χ3n) is 8.49. The highest BCUT2D eigenvalue weighted by molar-refractivity contribution is 7.09. The molecule has 49 heavy (non-hydrogen) atoms. The van der Waals surface area contributed by atoms with Gasteiger partial charge in [-0.15, -0.1) is 11.3 Å². The SMILES string of the molecule is C[C@@](NC(=O)[C@@H]1CCCN2C(=O)CC[C@H](NC(=O)NCCc3cccs3)C(=O)N12)(C(=O)COC(=O)c1c(Cl)cccc1Cl)c1ccccc1. The van der Waals surface area contributed by atoms with E-state index in [0.717, 1.165) is 9.89 Å². The molecular formula is C34H35Cl2N5O7S. The van der Waals surface area contributed by atoms with Crippen molar-refractivity contribution in [1.82, 2.24) is 26.0 Å². The second-order valence-corrected chi connectivity index (χ2v) is 13.6. The van der Waals surface area contributed by atoms with E-state index < -0.39 is 53.8 Å². The van der Waals surface area contributed by atoms with Crippen LogP contribution in [0, 0.1) is 0 Å². The zero-order valence-electron chi connectivity index (χ0n) is 26.6. The molecule has 5 amide bonds. The molecule has 2 aliphatic heterocycles. The molecule has 2 aliphatic rings. The smallest absolute Gasteiger partial charge is 0.341 e. The van der Waals surface area contributed by atoms with Crippen LogP contribution >= 0.6 is 34.5 Å². The van der Waals surface area contributed by atoms with Gasteiger partial charge in [0.05, 0.1) is 15.6 Å². The molecule has 3 aromatic rings. The molecule has 5 rings (SSSR count). The number of hydrogen-bond donors (Lipinski definition) is 3. The second-order valence-electron chi connectivity index (χ2n) is 11.8. The zero-order chi connectivity index (χ0) is 35.1. The molecule has 3 atom stereocenters. The maximum absolute atomic E-state index is 14.1. The van der Waals surface area contributed by atoms with Crippen LogP contribution in [0.3, 0.4) is 0 Å². The number of halogens is 2. The van der Waals surface area contributed by atoms with Gasteiger partial charge in [0.2, 0.25) is 11.8 Å². The van der Waals surface area contributed by atoms with Gasteiger partial charge in [0.25, 0.3) is 5.91 Å². The number of carbonyl (C=O) groups is 6. The van der Waals surface area contributed by atoms with Crippen molar-refractivity contribution in [3.8, 4) is 0 Å². The molecule has 3 heterocycles. The monoisotopic (exact) mass is 727 g/mol. The summed E-state index contributed by atoms with van der Waals surface area (Å²) in [5.74, 6) is -3.27. The van der Waals surface area contributed by atoms with Gasteiger partial charge >= 0.3 is 12.0 Å². The Kier molecular flexibility index (Phi) is 11.6. The highest BCUT2D eigenvalue weighted by atomic mass is 35.5. The summed E-state index contributed by atoms with van der Waals surface area (Å²) in [7, 11) is 0. The maximum atomic E-state index is 14.1. The van der Waals surface area contributed by atoms with E-state index in [4.69, 9.17) is 27.9 Å². The maximum Gasteiger partial charge on any atom is 0.341 e. The largest absolute Gasteiger partial charge is 0.454 e. The van der Waals surface area contributed by atoms with Crippen molar-refractivity contribution in [3.63, 3.8) is 0 Å². The summed E-state index contributed by atoms with van der Waals surface area (Å²) in [5.41, 5.74) is -1.43. The normalized spacial score (nSPS) is 18.8. The van der Waals surface area contributed by atoms with Gasteiger partial charge in [0.1, 0.15) is 17.6 Å². The molecule has 0 spiro atoms. The van der Waals surface area contributed by atoms with Crippen molar-refractivity contribution in [3.05, 3.63) is 92.1 Å². The number of nitrogens with one attached hydrogen (secondary N) is 3. The number of nitrogens with zero attached hydrogens (tertiary/aromatic N) is 2. The number of hydrazine groups is 1. The average Bonchev–Trinajstić information content (AvgIpc) is 3.58. The number of hydrogen-bond acceptors (Lipinski definition) is 8. The predicted octanol–water partition coefficient (Wildman–Crippen LogP) is 4.25. The quantitative estimate of drug-likeness (QED) is 0.250. The highest BCUT2D eigenvalue weighted by Crippen LogP contribution is 2.29. The van der Waals surface area contributed by atoms with E-state index in [1.165, 1.54) is 24.1 Å². The lowest BCUT2D eigenvalue weighted by Crippen LogP contribution is -2.65. The summed E-state index contributed by atoms with van der Waals surface area (Å²) in [5, 5.41) is 12.6. The first-order valence-electron chi connectivity index (χ1n) is 15.7. The molecule has 0 aliphatic carbocycles. The molecule has 0 unspecified atom stereocenters. The van der Waals surface area contributed by atoms with Gasteiger partial charge < -0.3 is 20.7 Å². The van der Waals surface area contributed by atoms with Crippen LogP contribution < -0.4 is 16.0 Å². The van der Waals surface area contributed by atoms with E-state index in [1.54, 1.807) is 47.7 Å². The van der Waals surface area contributed by atoms with Crippen LogP contribution in [0.15, 0.2) is 66.0 Å². The zero-order valence-corrected chi connectivity index (χ0v) is 28.9. The second kappa shape index (κ2) is 15.8. The van der Waals surface area contributed by atoms with Crippen LogP contribution in [0.25, 0.3) is 0 Å². The summed E-state index contributed by atoms with van der Waals surface area (Å²) in [6.45, 7) is 1.29. The number of esters is 1. The molecule has 0 saturated carbocycles. The van der Waals surface area contributed by atoms with Crippen LogP contribution in [0.4, 0.5) is 4.79 Å². The molecule has 2 fully saturated rings. The molecule has 3 N–H and O–H groups in total. The van der Waals surface area contributed by atoms with Gasteiger partial charge in [-0.2, -0.15) is 0 Å². The van der Waals surface area contributed by atoms with E-state index in [9.17, 15) is 28.8 Å². The van der Waals surface area contributed by atoms with Gasteiger partial charge in [-0.25, -0.2) is 14.6 Å². The van der Waals surface area contributed by atoms with Gasteiger partial charge in [-0.3, -0.25) is 24.2 Å². The van der Waals surface area contributed by atoms with Crippen molar-refractivity contribution in [2.75, 3.05) is 19.7 Å². The minimum Gasteiger partial charge on any atom is -0.454 e.